The average molecular weight is 486 g/mol. The molecule has 2 aliphatic heterocycles. The van der Waals surface area contributed by atoms with Crippen molar-refractivity contribution in [2.75, 3.05) is 32.2 Å². The molecule has 0 amide bonds. The van der Waals surface area contributed by atoms with E-state index in [1.807, 2.05) is 12.1 Å². The molecule has 0 aromatic heterocycles. The van der Waals surface area contributed by atoms with E-state index in [9.17, 15) is 5.11 Å². The van der Waals surface area contributed by atoms with Gasteiger partial charge in [-0.05, 0) is 77.8 Å². The maximum absolute atomic E-state index is 10.1. The summed E-state index contributed by atoms with van der Waals surface area (Å²) in [6.45, 7) is 2.52. The molecule has 2 atom stereocenters. The topological polar surface area (TPSA) is 51.2 Å². The Bertz CT molecular complexity index is 1210. The van der Waals surface area contributed by atoms with Crippen LogP contribution in [0, 0.1) is 5.92 Å². The van der Waals surface area contributed by atoms with E-state index in [0.717, 1.165) is 44.3 Å². The van der Waals surface area contributed by atoms with E-state index in [4.69, 9.17) is 14.2 Å². The van der Waals surface area contributed by atoms with Crippen molar-refractivity contribution in [1.82, 2.24) is 0 Å². The molecule has 1 N–H and O–H groups in total. The molecule has 0 radical (unpaired) electrons. The van der Waals surface area contributed by atoms with Crippen molar-refractivity contribution in [3.8, 4) is 5.75 Å². The van der Waals surface area contributed by atoms with Crippen LogP contribution in [0.3, 0.4) is 0 Å². The van der Waals surface area contributed by atoms with Gasteiger partial charge in [-0.2, -0.15) is 0 Å². The van der Waals surface area contributed by atoms with Gasteiger partial charge in [-0.3, -0.25) is 0 Å². The number of methoxy groups -OCH3 is 2. The Balaban J connectivity index is 1.32. The highest BCUT2D eigenvalue weighted by Crippen LogP contribution is 2.55. The number of phenolic OH excluding ortho intramolecular Hbond substituents is 1. The number of benzene rings is 3. The average Bonchev–Trinajstić information content (AvgIpc) is 3.29. The number of piperidine rings is 1. The molecule has 3 aliphatic rings. The molecule has 1 spiro atoms. The molecule has 0 unspecified atom stereocenters. The highest BCUT2D eigenvalue weighted by Gasteiger charge is 2.50. The summed E-state index contributed by atoms with van der Waals surface area (Å²) in [4.78, 5) is 2.46. The Kier molecular flexibility index (Phi) is 6.24. The summed E-state index contributed by atoms with van der Waals surface area (Å²) in [6, 6.07) is 23.6. The van der Waals surface area contributed by atoms with Crippen LogP contribution in [0.15, 0.2) is 66.7 Å². The van der Waals surface area contributed by atoms with Crippen LogP contribution in [0.1, 0.15) is 53.0 Å². The molecule has 3 aromatic rings. The predicted molar refractivity (Wildman–Crippen MR) is 140 cm³/mol. The monoisotopic (exact) mass is 485 g/mol. The first kappa shape index (κ1) is 23.5. The number of nitrogens with zero attached hydrogens (tertiary/aromatic N) is 1. The van der Waals surface area contributed by atoms with Gasteiger partial charge in [0.1, 0.15) is 11.4 Å². The predicted octanol–water partition coefficient (Wildman–Crippen LogP) is 5.73. The molecule has 1 saturated heterocycles. The zero-order valence-electron chi connectivity index (χ0n) is 21.2. The zero-order chi connectivity index (χ0) is 24.7. The Morgan fingerprint density at radius 1 is 0.944 bits per heavy atom. The van der Waals surface area contributed by atoms with E-state index < -0.39 is 0 Å². The fourth-order valence-corrected chi connectivity index (χ4v) is 6.83. The van der Waals surface area contributed by atoms with E-state index in [1.165, 1.54) is 27.9 Å². The first-order chi connectivity index (χ1) is 17.6. The van der Waals surface area contributed by atoms with Gasteiger partial charge in [-0.15, -0.1) is 0 Å². The molecule has 0 saturated carbocycles. The molecular formula is C31H35NO4. The van der Waals surface area contributed by atoms with E-state index in [2.05, 4.69) is 59.5 Å². The number of hydrogen-bond donors (Lipinski definition) is 1. The maximum Gasteiger partial charge on any atom is 0.159 e. The van der Waals surface area contributed by atoms with Gasteiger partial charge in [0, 0.05) is 44.8 Å². The fourth-order valence-electron chi connectivity index (χ4n) is 6.83. The molecule has 0 bridgehead atoms. The van der Waals surface area contributed by atoms with E-state index in [-0.39, 0.29) is 17.8 Å². The number of ether oxygens (including phenoxy) is 3. The number of fused-ring (bicyclic) bond motifs is 3. The van der Waals surface area contributed by atoms with Crippen molar-refractivity contribution in [2.45, 2.75) is 50.1 Å². The third-order valence-corrected chi connectivity index (χ3v) is 8.61. The summed E-state index contributed by atoms with van der Waals surface area (Å²) in [5.41, 5.74) is 7.17. The van der Waals surface area contributed by atoms with Crippen molar-refractivity contribution >= 4 is 5.69 Å². The second kappa shape index (κ2) is 9.55. The number of rotatable bonds is 5. The lowest BCUT2D eigenvalue weighted by Crippen LogP contribution is -2.39. The Hall–Kier alpha value is -2.86. The van der Waals surface area contributed by atoms with Crippen LogP contribution in [0.5, 0.6) is 5.75 Å². The summed E-state index contributed by atoms with van der Waals surface area (Å²) in [6.07, 6.45) is 3.98. The molecule has 5 nitrogen and oxygen atoms in total. The molecule has 5 heteroatoms. The normalized spacial score (nSPS) is 23.8. The molecule has 3 aromatic carbocycles. The third-order valence-electron chi connectivity index (χ3n) is 8.61. The second-order valence-electron chi connectivity index (χ2n) is 10.4. The van der Waals surface area contributed by atoms with Crippen molar-refractivity contribution in [3.05, 3.63) is 94.5 Å². The van der Waals surface area contributed by atoms with Crippen LogP contribution in [0.25, 0.3) is 0 Å². The van der Waals surface area contributed by atoms with Gasteiger partial charge < -0.3 is 24.2 Å². The first-order valence-corrected chi connectivity index (χ1v) is 13.1. The number of hydrogen-bond acceptors (Lipinski definition) is 5. The van der Waals surface area contributed by atoms with Gasteiger partial charge in [-0.1, -0.05) is 42.5 Å². The van der Waals surface area contributed by atoms with E-state index in [1.54, 1.807) is 14.2 Å². The van der Waals surface area contributed by atoms with Gasteiger partial charge in [0.25, 0.3) is 0 Å². The highest BCUT2D eigenvalue weighted by molar-refractivity contribution is 5.54. The zero-order valence-corrected chi connectivity index (χ0v) is 21.2. The van der Waals surface area contributed by atoms with Gasteiger partial charge in [0.15, 0.2) is 6.29 Å². The Labute approximate surface area is 213 Å². The van der Waals surface area contributed by atoms with Crippen LogP contribution in [0.4, 0.5) is 5.69 Å². The summed E-state index contributed by atoms with van der Waals surface area (Å²) in [5.74, 6) is 0.807. The third kappa shape index (κ3) is 3.90. The quantitative estimate of drug-likeness (QED) is 0.468. The van der Waals surface area contributed by atoms with Crippen molar-refractivity contribution in [3.63, 3.8) is 0 Å². The lowest BCUT2D eigenvalue weighted by atomic mass is 9.71. The standard InChI is InChI=1S/C31H35NO4/c1-34-30(35-2)23-14-17-32(18-15-23)25-9-7-22(8-10-25)29-27-12-11-26(33)19-24(27)20-36-31(29)16-13-21-5-3-4-6-28(21)31/h3-12,19,23,29-30,33H,13-18,20H2,1-2H3/t29-,31-/m0/s1. The van der Waals surface area contributed by atoms with Gasteiger partial charge in [-0.25, -0.2) is 0 Å². The van der Waals surface area contributed by atoms with Crippen molar-refractivity contribution < 1.29 is 19.3 Å². The molecule has 188 valence electrons. The van der Waals surface area contributed by atoms with E-state index in [0.29, 0.717) is 18.3 Å². The minimum absolute atomic E-state index is 0.0782. The number of anilines is 1. The lowest BCUT2D eigenvalue weighted by Gasteiger charge is -2.44. The van der Waals surface area contributed by atoms with Crippen LogP contribution in [-0.4, -0.2) is 38.7 Å². The SMILES string of the molecule is COC(OC)C1CCN(c2ccc([C@H]3c4ccc(O)cc4CO[C@]34CCc3ccccc34)cc2)CC1. The Morgan fingerprint density at radius 3 is 2.44 bits per heavy atom. The van der Waals surface area contributed by atoms with Crippen molar-refractivity contribution in [2.24, 2.45) is 5.92 Å². The minimum atomic E-state index is -0.379. The van der Waals surface area contributed by atoms with Gasteiger partial charge >= 0.3 is 0 Å². The maximum atomic E-state index is 10.1. The molecular weight excluding hydrogens is 450 g/mol. The largest absolute Gasteiger partial charge is 0.508 e. The van der Waals surface area contributed by atoms with Gasteiger partial charge in [0.2, 0.25) is 0 Å². The minimum Gasteiger partial charge on any atom is -0.508 e. The first-order valence-electron chi connectivity index (χ1n) is 13.1. The molecule has 1 aliphatic carbocycles. The summed E-state index contributed by atoms with van der Waals surface area (Å²) < 4.78 is 17.8. The number of aryl methyl sites for hydroxylation is 1. The highest BCUT2D eigenvalue weighted by atomic mass is 16.7. The lowest BCUT2D eigenvalue weighted by molar-refractivity contribution is -0.141. The van der Waals surface area contributed by atoms with Crippen LogP contribution < -0.4 is 4.90 Å². The van der Waals surface area contributed by atoms with Crippen LogP contribution in [0.2, 0.25) is 0 Å². The smallest absolute Gasteiger partial charge is 0.159 e. The van der Waals surface area contributed by atoms with Crippen LogP contribution >= 0.6 is 0 Å². The molecule has 2 heterocycles. The Morgan fingerprint density at radius 2 is 1.69 bits per heavy atom. The van der Waals surface area contributed by atoms with E-state index >= 15 is 0 Å². The molecule has 36 heavy (non-hydrogen) atoms. The number of aromatic hydroxyl groups is 1. The second-order valence-corrected chi connectivity index (χ2v) is 10.4. The fraction of sp³-hybridized carbons (Fsp3) is 0.419. The summed E-state index contributed by atoms with van der Waals surface area (Å²) >= 11 is 0. The molecule has 1 fully saturated rings. The molecule has 6 rings (SSSR count). The number of phenols is 1. The van der Waals surface area contributed by atoms with Gasteiger partial charge in [0.05, 0.1) is 6.61 Å². The summed E-state index contributed by atoms with van der Waals surface area (Å²) in [5, 5.41) is 10.1. The summed E-state index contributed by atoms with van der Waals surface area (Å²) in [7, 11) is 3.45. The van der Waals surface area contributed by atoms with Crippen molar-refractivity contribution in [1.29, 1.82) is 0 Å². The van der Waals surface area contributed by atoms with Crippen LogP contribution in [-0.2, 0) is 32.8 Å².